The van der Waals surface area contributed by atoms with Crippen molar-refractivity contribution in [3.05, 3.63) is 246 Å². The second-order valence-electron chi connectivity index (χ2n) is 18.7. The molecular formula is C65H50N2O. The molecule has 12 rings (SSSR count). The first-order valence-electron chi connectivity index (χ1n) is 23.7. The number of rotatable bonds is 9. The van der Waals surface area contributed by atoms with Gasteiger partial charge in [-0.05, 0) is 135 Å². The largest absolute Gasteiger partial charge is 0.464 e. The van der Waals surface area contributed by atoms with E-state index in [2.05, 4.69) is 249 Å². The minimum absolute atomic E-state index is 0.164. The van der Waals surface area contributed by atoms with Crippen LogP contribution in [-0.4, -0.2) is 4.57 Å². The molecule has 2 aliphatic carbocycles. The van der Waals surface area contributed by atoms with Gasteiger partial charge in [0.15, 0.2) is 0 Å². The highest BCUT2D eigenvalue weighted by Gasteiger charge is 2.38. The van der Waals surface area contributed by atoms with Gasteiger partial charge in [-0.3, -0.25) is 0 Å². The summed E-state index contributed by atoms with van der Waals surface area (Å²) in [5, 5.41) is 1.27. The maximum absolute atomic E-state index is 6.49. The lowest BCUT2D eigenvalue weighted by molar-refractivity contribution is 0.302. The molecule has 326 valence electrons. The molecule has 0 radical (unpaired) electrons. The van der Waals surface area contributed by atoms with Crippen molar-refractivity contribution >= 4 is 34.0 Å². The number of terminal acetylenes is 1. The maximum Gasteiger partial charge on any atom is 0.119 e. The molecular weight excluding hydrogens is 825 g/mol. The third-order valence-corrected chi connectivity index (χ3v) is 14.4. The number of aromatic nitrogens is 1. The quantitative estimate of drug-likeness (QED) is 0.134. The Morgan fingerprint density at radius 3 is 1.78 bits per heavy atom. The van der Waals surface area contributed by atoms with Gasteiger partial charge in [0.05, 0.1) is 17.6 Å². The monoisotopic (exact) mass is 874 g/mol. The van der Waals surface area contributed by atoms with Crippen molar-refractivity contribution in [3.63, 3.8) is 0 Å². The van der Waals surface area contributed by atoms with Crippen molar-refractivity contribution in [1.82, 2.24) is 4.57 Å². The molecule has 68 heavy (non-hydrogen) atoms. The average Bonchev–Trinajstić information content (AvgIpc) is 3.97. The highest BCUT2D eigenvalue weighted by Crippen LogP contribution is 2.52. The predicted molar refractivity (Wildman–Crippen MR) is 283 cm³/mol. The standard InChI is InChI=1S/C65H50N2O/c1-5-15-56-58-41-57-55-21-13-14-22-61(55)67(62(57)42-64(58)68-63(56)16-6-2)51-34-27-47(28-35-51)46-25-32-50(33-26-46)66(49-30-23-45(24-31-49)43-17-9-7-10-18-43)52-36-38-54-53-37-29-48(44-19-11-8-12-20-44)39-59(53)65(3,4)60(54)40-52/h2,5,7-15,17-40,42,58H,16,41H2,1,3-4H3/b15-5-. The Kier molecular flexibility index (Phi) is 10.00. The van der Waals surface area contributed by atoms with Crippen molar-refractivity contribution in [2.45, 2.75) is 39.0 Å². The van der Waals surface area contributed by atoms with Crippen LogP contribution < -0.4 is 4.90 Å². The van der Waals surface area contributed by atoms with Gasteiger partial charge >= 0.3 is 0 Å². The topological polar surface area (TPSA) is 17.4 Å². The number of allylic oxidation sites excluding steroid dienone is 4. The third-order valence-electron chi connectivity index (χ3n) is 14.4. The Bertz CT molecular complexity index is 3540. The molecule has 2 heterocycles. The van der Waals surface area contributed by atoms with E-state index in [4.69, 9.17) is 11.2 Å². The number of anilines is 3. The van der Waals surface area contributed by atoms with Crippen molar-refractivity contribution in [1.29, 1.82) is 0 Å². The van der Waals surface area contributed by atoms with Gasteiger partial charge in [0.2, 0.25) is 0 Å². The molecule has 3 nitrogen and oxygen atoms in total. The first-order valence-corrected chi connectivity index (χ1v) is 23.7. The molecule has 1 aromatic heterocycles. The van der Waals surface area contributed by atoms with E-state index in [0.717, 1.165) is 51.8 Å². The van der Waals surface area contributed by atoms with Crippen LogP contribution in [0.3, 0.4) is 0 Å². The smallest absolute Gasteiger partial charge is 0.119 e. The molecule has 0 saturated heterocycles. The summed E-state index contributed by atoms with van der Waals surface area (Å²) >= 11 is 0. The average molecular weight is 875 g/mol. The van der Waals surface area contributed by atoms with E-state index in [9.17, 15) is 0 Å². The van der Waals surface area contributed by atoms with E-state index < -0.39 is 0 Å². The Balaban J connectivity index is 0.887. The highest BCUT2D eigenvalue weighted by molar-refractivity contribution is 5.92. The summed E-state index contributed by atoms with van der Waals surface area (Å²) in [4.78, 5) is 2.40. The van der Waals surface area contributed by atoms with Gasteiger partial charge in [-0.15, -0.1) is 6.42 Å². The summed E-state index contributed by atoms with van der Waals surface area (Å²) < 4.78 is 8.87. The first-order chi connectivity index (χ1) is 33.4. The molecule has 8 aromatic carbocycles. The van der Waals surface area contributed by atoms with Gasteiger partial charge in [-0.25, -0.2) is 0 Å². The molecule has 0 spiro atoms. The van der Waals surface area contributed by atoms with Gasteiger partial charge < -0.3 is 14.2 Å². The minimum atomic E-state index is -0.182. The van der Waals surface area contributed by atoms with Crippen LogP contribution in [0.4, 0.5) is 17.1 Å². The molecule has 0 amide bonds. The van der Waals surface area contributed by atoms with Gasteiger partial charge in [0.25, 0.3) is 0 Å². The number of benzene rings is 8. The lowest BCUT2D eigenvalue weighted by atomic mass is 9.81. The number of hydrogen-bond donors (Lipinski definition) is 0. The Morgan fingerprint density at radius 1 is 0.618 bits per heavy atom. The lowest BCUT2D eigenvalue weighted by Crippen LogP contribution is -2.16. The van der Waals surface area contributed by atoms with Crippen LogP contribution in [0.5, 0.6) is 0 Å². The molecule has 1 unspecified atom stereocenters. The summed E-state index contributed by atoms with van der Waals surface area (Å²) in [5.41, 5.74) is 21.7. The van der Waals surface area contributed by atoms with Crippen LogP contribution in [0.25, 0.3) is 67.2 Å². The third kappa shape index (κ3) is 6.83. The van der Waals surface area contributed by atoms with Crippen molar-refractivity contribution < 1.29 is 4.74 Å². The number of ether oxygens (including phenoxy) is 1. The number of nitrogens with zero attached hydrogens (tertiary/aromatic N) is 2. The predicted octanol–water partition coefficient (Wildman–Crippen LogP) is 16.8. The summed E-state index contributed by atoms with van der Waals surface area (Å²) in [6.45, 7) is 6.79. The van der Waals surface area contributed by atoms with E-state index in [1.807, 2.05) is 0 Å². The Morgan fingerprint density at radius 2 is 1.15 bits per heavy atom. The zero-order valence-electron chi connectivity index (χ0n) is 38.6. The summed E-state index contributed by atoms with van der Waals surface area (Å²) in [6, 6.07) is 71.1. The normalized spacial score (nSPS) is 15.3. The van der Waals surface area contributed by atoms with E-state index in [-0.39, 0.29) is 11.3 Å². The zero-order valence-corrected chi connectivity index (χ0v) is 38.6. The van der Waals surface area contributed by atoms with Crippen LogP contribution in [0.15, 0.2) is 223 Å². The van der Waals surface area contributed by atoms with Gasteiger partial charge in [-0.1, -0.05) is 165 Å². The molecule has 3 aliphatic rings. The second kappa shape index (κ2) is 16.5. The second-order valence-corrected chi connectivity index (χ2v) is 18.7. The first kappa shape index (κ1) is 41.1. The van der Waals surface area contributed by atoms with Crippen molar-refractivity contribution in [2.75, 3.05) is 4.90 Å². The van der Waals surface area contributed by atoms with Crippen LogP contribution >= 0.6 is 0 Å². The van der Waals surface area contributed by atoms with Crippen molar-refractivity contribution in [3.8, 4) is 62.5 Å². The van der Waals surface area contributed by atoms with Gasteiger partial charge in [0, 0.05) is 51.1 Å². The van der Waals surface area contributed by atoms with Crippen molar-refractivity contribution in [2.24, 2.45) is 5.92 Å². The molecule has 9 aromatic rings. The van der Waals surface area contributed by atoms with Gasteiger partial charge in [0.1, 0.15) is 11.5 Å². The molecule has 0 N–H and O–H groups in total. The summed E-state index contributed by atoms with van der Waals surface area (Å²) in [6.07, 6.45) is 13.6. The van der Waals surface area contributed by atoms with Gasteiger partial charge in [-0.2, -0.15) is 0 Å². The minimum Gasteiger partial charge on any atom is -0.464 e. The Hall–Kier alpha value is -8.32. The fourth-order valence-corrected chi connectivity index (χ4v) is 11.1. The fourth-order valence-electron chi connectivity index (χ4n) is 11.1. The van der Waals surface area contributed by atoms with E-state index in [0.29, 0.717) is 6.42 Å². The molecule has 0 fully saturated rings. The van der Waals surface area contributed by atoms with E-state index >= 15 is 0 Å². The zero-order chi connectivity index (χ0) is 45.9. The van der Waals surface area contributed by atoms with E-state index in [1.54, 1.807) is 0 Å². The van der Waals surface area contributed by atoms with Crippen LogP contribution in [0.1, 0.15) is 49.6 Å². The molecule has 1 atom stereocenters. The van der Waals surface area contributed by atoms with Crippen LogP contribution in [0, 0.1) is 18.3 Å². The number of para-hydroxylation sites is 1. The fraction of sp³-hybridized carbons (Fsp3) is 0.108. The van der Waals surface area contributed by atoms with E-state index in [1.165, 1.54) is 72.2 Å². The maximum atomic E-state index is 6.49. The lowest BCUT2D eigenvalue weighted by Gasteiger charge is -2.28. The van der Waals surface area contributed by atoms with Crippen LogP contribution in [0.2, 0.25) is 0 Å². The molecule has 0 bridgehead atoms. The Labute approximate surface area is 399 Å². The SMILES string of the molecule is C#CCC1=C(/C=C\C)C2Cc3c(n(-c4ccc(-c5ccc(N(c6ccc(-c7ccccc7)cc6)c6ccc7c(c6)C(C)(C)c6cc(-c8ccccc8)ccc6-7)cc5)cc4)c4ccccc34)C=C2O1. The summed E-state index contributed by atoms with van der Waals surface area (Å²) in [7, 11) is 0. The summed E-state index contributed by atoms with van der Waals surface area (Å²) in [5.74, 6) is 4.84. The van der Waals surface area contributed by atoms with Crippen LogP contribution in [-0.2, 0) is 16.6 Å². The molecule has 3 heteroatoms. The number of hydrogen-bond acceptors (Lipinski definition) is 2. The molecule has 0 saturated carbocycles. The number of fused-ring (bicyclic) bond motifs is 7. The molecule has 1 aliphatic heterocycles. The highest BCUT2D eigenvalue weighted by atomic mass is 16.5.